The Morgan fingerprint density at radius 2 is 2.22 bits per heavy atom. The minimum absolute atomic E-state index is 0.152. The fourth-order valence-electron chi connectivity index (χ4n) is 2.13. The molecule has 0 bridgehead atoms. The van der Waals surface area contributed by atoms with Crippen LogP contribution >= 0.6 is 0 Å². The minimum Gasteiger partial charge on any atom is -0.361 e. The van der Waals surface area contributed by atoms with Crippen molar-refractivity contribution in [2.75, 3.05) is 5.32 Å². The Kier molecular flexibility index (Phi) is 5.30. The summed E-state index contributed by atoms with van der Waals surface area (Å²) >= 11 is 0. The molecule has 2 aromatic rings. The van der Waals surface area contributed by atoms with Gasteiger partial charge in [0.15, 0.2) is 5.82 Å². The summed E-state index contributed by atoms with van der Waals surface area (Å²) in [5, 5.41) is 11.0. The Bertz CT molecular complexity index is 733. The molecule has 1 N–H and O–H groups in total. The van der Waals surface area contributed by atoms with Crippen LogP contribution in [0, 0.1) is 13.8 Å². The van der Waals surface area contributed by atoms with Crippen molar-refractivity contribution in [3.05, 3.63) is 66.2 Å². The van der Waals surface area contributed by atoms with E-state index in [1.165, 1.54) is 0 Å². The van der Waals surface area contributed by atoms with Gasteiger partial charge < -0.3 is 9.84 Å². The van der Waals surface area contributed by atoms with Crippen LogP contribution in [-0.4, -0.2) is 20.8 Å². The van der Waals surface area contributed by atoms with Crippen LogP contribution in [0.2, 0.25) is 0 Å². The summed E-state index contributed by atoms with van der Waals surface area (Å²) in [5.74, 6) is 1.12. The zero-order valence-electron chi connectivity index (χ0n) is 13.4. The van der Waals surface area contributed by atoms with E-state index in [9.17, 15) is 4.79 Å². The predicted molar refractivity (Wildman–Crippen MR) is 89.0 cm³/mol. The van der Waals surface area contributed by atoms with Gasteiger partial charge in [0.1, 0.15) is 5.76 Å². The molecule has 6 nitrogen and oxygen atoms in total. The molecule has 2 aromatic heterocycles. The number of aromatic nitrogens is 3. The van der Waals surface area contributed by atoms with Crippen molar-refractivity contribution in [1.82, 2.24) is 14.9 Å². The number of anilines is 1. The Hall–Kier alpha value is -2.89. The van der Waals surface area contributed by atoms with Crippen molar-refractivity contribution in [2.24, 2.45) is 0 Å². The molecular formula is C17H20N4O2. The van der Waals surface area contributed by atoms with Gasteiger partial charge in [-0.25, -0.2) is 0 Å². The zero-order chi connectivity index (χ0) is 16.8. The van der Waals surface area contributed by atoms with E-state index < -0.39 is 0 Å². The lowest BCUT2D eigenvalue weighted by Gasteiger charge is -2.03. The molecule has 0 atom stereocenters. The molecule has 1 amide bonds. The Morgan fingerprint density at radius 3 is 2.83 bits per heavy atom. The highest BCUT2D eigenvalue weighted by Gasteiger charge is 2.11. The van der Waals surface area contributed by atoms with Gasteiger partial charge in [0.25, 0.3) is 0 Å². The first-order valence-corrected chi connectivity index (χ1v) is 7.22. The number of nitrogens with zero attached hydrogens (tertiary/aromatic N) is 3. The maximum Gasteiger partial charge on any atom is 0.229 e. The third-order valence-electron chi connectivity index (χ3n) is 3.37. The van der Waals surface area contributed by atoms with Crippen molar-refractivity contribution in [1.29, 1.82) is 0 Å². The maximum absolute atomic E-state index is 12.0. The molecule has 0 aliphatic carbocycles. The summed E-state index contributed by atoms with van der Waals surface area (Å²) in [6.45, 7) is 11.6. The minimum atomic E-state index is -0.152. The van der Waals surface area contributed by atoms with Crippen molar-refractivity contribution >= 4 is 11.7 Å². The van der Waals surface area contributed by atoms with Crippen molar-refractivity contribution in [3.63, 3.8) is 0 Å². The number of amides is 1. The van der Waals surface area contributed by atoms with Crippen molar-refractivity contribution in [2.45, 2.75) is 26.8 Å². The average molecular weight is 312 g/mol. The molecular weight excluding hydrogens is 292 g/mol. The van der Waals surface area contributed by atoms with E-state index in [4.69, 9.17) is 4.52 Å². The summed E-state index contributed by atoms with van der Waals surface area (Å²) in [5.41, 5.74) is 2.63. The SMILES string of the molecule is C=C/C=C(\C=C)CC(=O)Nc1ccn(Cc2c(C)noc2C)n1. The van der Waals surface area contributed by atoms with E-state index in [1.807, 2.05) is 13.8 Å². The molecule has 0 aromatic carbocycles. The highest BCUT2D eigenvalue weighted by Crippen LogP contribution is 2.15. The second kappa shape index (κ2) is 7.40. The highest BCUT2D eigenvalue weighted by atomic mass is 16.5. The molecule has 2 heterocycles. The lowest BCUT2D eigenvalue weighted by molar-refractivity contribution is -0.115. The highest BCUT2D eigenvalue weighted by molar-refractivity contribution is 5.91. The fourth-order valence-corrected chi connectivity index (χ4v) is 2.13. The third kappa shape index (κ3) is 4.29. The van der Waals surface area contributed by atoms with Crippen LogP contribution in [0.25, 0.3) is 0 Å². The number of carbonyl (C=O) groups excluding carboxylic acids is 1. The molecule has 120 valence electrons. The summed E-state index contributed by atoms with van der Waals surface area (Å²) in [6, 6.07) is 1.75. The largest absolute Gasteiger partial charge is 0.361 e. The third-order valence-corrected chi connectivity index (χ3v) is 3.37. The summed E-state index contributed by atoms with van der Waals surface area (Å²) in [7, 11) is 0. The molecule has 0 radical (unpaired) electrons. The molecule has 0 spiro atoms. The van der Waals surface area contributed by atoms with Crippen LogP contribution in [0.1, 0.15) is 23.4 Å². The van der Waals surface area contributed by atoms with Crippen molar-refractivity contribution in [3.8, 4) is 0 Å². The molecule has 23 heavy (non-hydrogen) atoms. The maximum atomic E-state index is 12.0. The van der Waals surface area contributed by atoms with E-state index in [1.54, 1.807) is 35.2 Å². The number of aryl methyl sites for hydroxylation is 2. The van der Waals surface area contributed by atoms with Crippen LogP contribution in [0.4, 0.5) is 5.82 Å². The molecule has 0 saturated heterocycles. The summed E-state index contributed by atoms with van der Waals surface area (Å²) < 4.78 is 6.87. The number of hydrogen-bond acceptors (Lipinski definition) is 4. The van der Waals surface area contributed by atoms with Gasteiger partial charge in [0.05, 0.1) is 18.7 Å². The summed E-state index contributed by atoms with van der Waals surface area (Å²) in [6.07, 6.45) is 7.05. The molecule has 2 rings (SSSR count). The lowest BCUT2D eigenvalue weighted by atomic mass is 10.1. The van der Waals surface area contributed by atoms with Crippen LogP contribution < -0.4 is 5.32 Å². The van der Waals surface area contributed by atoms with E-state index in [2.05, 4.69) is 28.7 Å². The van der Waals surface area contributed by atoms with Gasteiger partial charge in [-0.3, -0.25) is 9.48 Å². The van der Waals surface area contributed by atoms with E-state index in [-0.39, 0.29) is 12.3 Å². The zero-order valence-corrected chi connectivity index (χ0v) is 13.4. The second-order valence-corrected chi connectivity index (χ2v) is 5.11. The van der Waals surface area contributed by atoms with Gasteiger partial charge in [-0.1, -0.05) is 36.5 Å². The molecule has 0 unspecified atom stereocenters. The predicted octanol–water partition coefficient (Wildman–Crippen LogP) is 3.16. The first-order chi connectivity index (χ1) is 11.0. The van der Waals surface area contributed by atoms with Crippen molar-refractivity contribution < 1.29 is 9.32 Å². The van der Waals surface area contributed by atoms with Crippen LogP contribution in [-0.2, 0) is 11.3 Å². The number of nitrogens with one attached hydrogen (secondary N) is 1. The van der Waals surface area contributed by atoms with E-state index in [0.29, 0.717) is 12.4 Å². The first kappa shape index (κ1) is 16.5. The fraction of sp³-hybridized carbons (Fsp3) is 0.235. The van der Waals surface area contributed by atoms with Gasteiger partial charge in [0.2, 0.25) is 5.91 Å². The van der Waals surface area contributed by atoms with E-state index >= 15 is 0 Å². The Morgan fingerprint density at radius 1 is 1.43 bits per heavy atom. The van der Waals surface area contributed by atoms with Crippen LogP contribution in [0.5, 0.6) is 0 Å². The average Bonchev–Trinajstić information content (AvgIpc) is 3.08. The van der Waals surface area contributed by atoms with Crippen LogP contribution in [0.15, 0.2) is 53.7 Å². The molecule has 6 heteroatoms. The van der Waals surface area contributed by atoms with Gasteiger partial charge in [0, 0.05) is 17.8 Å². The topological polar surface area (TPSA) is 73.0 Å². The Balaban J connectivity index is 1.99. The van der Waals surface area contributed by atoms with Gasteiger partial charge in [-0.05, 0) is 19.4 Å². The number of hydrogen-bond donors (Lipinski definition) is 1. The molecule has 0 saturated carbocycles. The first-order valence-electron chi connectivity index (χ1n) is 7.22. The molecule has 0 aliphatic heterocycles. The number of rotatable bonds is 7. The summed E-state index contributed by atoms with van der Waals surface area (Å²) in [4.78, 5) is 12.0. The van der Waals surface area contributed by atoms with Crippen LogP contribution in [0.3, 0.4) is 0 Å². The standard InChI is InChI=1S/C17H20N4O2/c1-5-7-14(6-2)10-17(22)18-16-8-9-21(19-16)11-15-12(3)20-23-13(15)4/h5-9H,1-2,10-11H2,3-4H3,(H,18,19,22)/b14-7+. The quantitative estimate of drug-likeness (QED) is 0.797. The number of carbonyl (C=O) groups is 1. The van der Waals surface area contributed by atoms with Gasteiger partial charge in [-0.15, -0.1) is 0 Å². The second-order valence-electron chi connectivity index (χ2n) is 5.11. The normalized spacial score (nSPS) is 11.3. The number of allylic oxidation sites excluding steroid dienone is 3. The smallest absolute Gasteiger partial charge is 0.229 e. The Labute approximate surface area is 135 Å². The molecule has 0 fully saturated rings. The molecule has 0 aliphatic rings. The lowest BCUT2D eigenvalue weighted by Crippen LogP contribution is -2.13. The monoisotopic (exact) mass is 312 g/mol. The van der Waals surface area contributed by atoms with Gasteiger partial charge in [-0.2, -0.15) is 5.10 Å². The van der Waals surface area contributed by atoms with Gasteiger partial charge >= 0.3 is 0 Å². The van der Waals surface area contributed by atoms with E-state index in [0.717, 1.165) is 22.6 Å².